The largest absolute Gasteiger partial charge is 0.347 e. The quantitative estimate of drug-likeness (QED) is 0.669. The molecule has 10 heteroatoms. The van der Waals surface area contributed by atoms with Gasteiger partial charge in [0, 0.05) is 23.2 Å². The molecule has 2 aromatic rings. The van der Waals surface area contributed by atoms with Crippen LogP contribution >= 0.6 is 11.6 Å². The van der Waals surface area contributed by atoms with Crippen LogP contribution in [-0.2, 0) is 19.3 Å². The average Bonchev–Trinajstić information content (AvgIpc) is 3.33. The Balaban J connectivity index is 1.41. The van der Waals surface area contributed by atoms with Crippen molar-refractivity contribution in [1.82, 2.24) is 0 Å². The van der Waals surface area contributed by atoms with Crippen molar-refractivity contribution in [1.29, 1.82) is 0 Å². The van der Waals surface area contributed by atoms with Gasteiger partial charge in [0.2, 0.25) is 0 Å². The van der Waals surface area contributed by atoms with Crippen molar-refractivity contribution in [3.05, 3.63) is 58.6 Å². The third kappa shape index (κ3) is 3.65. The van der Waals surface area contributed by atoms with Gasteiger partial charge in [-0.15, -0.1) is 0 Å². The van der Waals surface area contributed by atoms with Gasteiger partial charge in [-0.25, -0.2) is 17.2 Å². The van der Waals surface area contributed by atoms with Crippen LogP contribution in [0.25, 0.3) is 0 Å². The van der Waals surface area contributed by atoms with Crippen LogP contribution < -0.4 is 5.32 Å². The number of halogens is 3. The van der Waals surface area contributed by atoms with Crippen LogP contribution in [0.1, 0.15) is 37.0 Å². The number of hydrogen-bond donors (Lipinski definition) is 1. The number of hydrogen-bond acceptors (Lipinski definition) is 5. The normalized spacial score (nSPS) is 29.8. The van der Waals surface area contributed by atoms with Crippen molar-refractivity contribution in [2.45, 2.75) is 48.2 Å². The van der Waals surface area contributed by atoms with Crippen molar-refractivity contribution in [3.8, 4) is 0 Å². The number of benzene rings is 2. The topological polar surface area (TPSA) is 81.7 Å². The molecule has 1 saturated heterocycles. The lowest BCUT2D eigenvalue weighted by Crippen LogP contribution is -2.48. The van der Waals surface area contributed by atoms with Crippen LogP contribution in [0, 0.1) is 23.5 Å². The molecule has 0 radical (unpaired) electrons. The van der Waals surface area contributed by atoms with Gasteiger partial charge in [0.25, 0.3) is 5.91 Å². The average molecular weight is 498 g/mol. The summed E-state index contributed by atoms with van der Waals surface area (Å²) in [5.74, 6) is -3.88. The molecule has 0 aromatic heterocycles. The first-order valence-corrected chi connectivity index (χ1v) is 12.5. The summed E-state index contributed by atoms with van der Waals surface area (Å²) in [6.07, 6.45) is 1.33. The fourth-order valence-corrected chi connectivity index (χ4v) is 8.29. The maximum atomic E-state index is 13.6. The zero-order valence-electron chi connectivity index (χ0n) is 17.9. The molecule has 3 saturated carbocycles. The highest BCUT2D eigenvalue weighted by Crippen LogP contribution is 2.63. The van der Waals surface area contributed by atoms with E-state index in [1.807, 2.05) is 13.8 Å². The van der Waals surface area contributed by atoms with E-state index in [1.54, 1.807) is 0 Å². The molecule has 1 heterocycles. The lowest BCUT2D eigenvalue weighted by molar-refractivity contribution is -0.165. The summed E-state index contributed by atoms with van der Waals surface area (Å²) in [4.78, 5) is 12.5. The number of sulfone groups is 1. The van der Waals surface area contributed by atoms with Crippen molar-refractivity contribution in [2.24, 2.45) is 11.8 Å². The molecule has 1 aliphatic heterocycles. The van der Waals surface area contributed by atoms with Gasteiger partial charge >= 0.3 is 0 Å². The zero-order valence-corrected chi connectivity index (χ0v) is 19.5. The molecular formula is C23H22ClF2NO5S. The minimum absolute atomic E-state index is 0.0173. The van der Waals surface area contributed by atoms with Gasteiger partial charge in [-0.1, -0.05) is 11.6 Å². The van der Waals surface area contributed by atoms with Crippen molar-refractivity contribution < 1.29 is 31.5 Å². The fourth-order valence-electron chi connectivity index (χ4n) is 5.42. The molecule has 176 valence electrons. The van der Waals surface area contributed by atoms with E-state index in [0.29, 0.717) is 13.0 Å². The number of ether oxygens (including phenoxy) is 2. The molecule has 4 aliphatic rings. The lowest BCUT2D eigenvalue weighted by atomic mass is 9.80. The van der Waals surface area contributed by atoms with Crippen LogP contribution in [0.4, 0.5) is 14.5 Å². The summed E-state index contributed by atoms with van der Waals surface area (Å²) < 4.78 is 65.7. The highest BCUT2D eigenvalue weighted by atomic mass is 35.5. The Labute approximate surface area is 195 Å². The number of carbonyl (C=O) groups is 1. The summed E-state index contributed by atoms with van der Waals surface area (Å²) in [6, 6.07) is 6.90. The molecule has 1 amide bonds. The number of amides is 1. The van der Waals surface area contributed by atoms with Gasteiger partial charge in [0.05, 0.1) is 27.4 Å². The lowest BCUT2D eigenvalue weighted by Gasteiger charge is -2.38. The molecule has 4 fully saturated rings. The molecule has 1 N–H and O–H groups in total. The summed E-state index contributed by atoms with van der Waals surface area (Å²) in [5.41, 5.74) is -0.552. The first-order chi connectivity index (χ1) is 15.4. The fraction of sp³-hybridized carbons (Fsp3) is 0.435. The number of rotatable bonds is 4. The van der Waals surface area contributed by atoms with Crippen molar-refractivity contribution >= 4 is 33.0 Å². The molecule has 3 aliphatic carbocycles. The number of nitrogens with one attached hydrogen (secondary N) is 1. The minimum Gasteiger partial charge on any atom is -0.347 e. The van der Waals surface area contributed by atoms with Gasteiger partial charge in [0.15, 0.2) is 27.3 Å². The Bertz CT molecular complexity index is 1270. The van der Waals surface area contributed by atoms with E-state index in [0.717, 1.165) is 18.6 Å². The number of carbonyl (C=O) groups excluding carboxylic acids is 1. The molecule has 2 bridgehead atoms. The maximum absolute atomic E-state index is 13.6. The van der Waals surface area contributed by atoms with Crippen LogP contribution in [0.3, 0.4) is 0 Å². The van der Waals surface area contributed by atoms with E-state index < -0.39 is 44.0 Å². The van der Waals surface area contributed by atoms with Gasteiger partial charge < -0.3 is 14.8 Å². The molecule has 4 atom stereocenters. The molecule has 6 rings (SSSR count). The van der Waals surface area contributed by atoms with Gasteiger partial charge in [0.1, 0.15) is 0 Å². The van der Waals surface area contributed by atoms with E-state index in [9.17, 15) is 22.0 Å². The van der Waals surface area contributed by atoms with Crippen LogP contribution in [-0.4, -0.2) is 37.6 Å². The Morgan fingerprint density at radius 2 is 1.91 bits per heavy atom. The molecule has 1 unspecified atom stereocenters. The highest BCUT2D eigenvalue weighted by molar-refractivity contribution is 7.92. The van der Waals surface area contributed by atoms with E-state index in [4.69, 9.17) is 21.1 Å². The Morgan fingerprint density at radius 3 is 2.58 bits per heavy atom. The molecular weight excluding hydrogens is 476 g/mol. The van der Waals surface area contributed by atoms with Crippen molar-refractivity contribution in [2.75, 3.05) is 11.9 Å². The second-order valence-corrected chi connectivity index (χ2v) is 11.9. The third-order valence-corrected chi connectivity index (χ3v) is 9.67. The first kappa shape index (κ1) is 22.7. The second-order valence-electron chi connectivity index (χ2n) is 9.40. The highest BCUT2D eigenvalue weighted by Gasteiger charge is 2.69. The van der Waals surface area contributed by atoms with E-state index in [-0.39, 0.29) is 33.0 Å². The first-order valence-electron chi connectivity index (χ1n) is 10.6. The van der Waals surface area contributed by atoms with Gasteiger partial charge in [-0.3, -0.25) is 4.79 Å². The van der Waals surface area contributed by atoms with Crippen LogP contribution in [0.2, 0.25) is 5.02 Å². The van der Waals surface area contributed by atoms with Crippen LogP contribution in [0.5, 0.6) is 0 Å². The van der Waals surface area contributed by atoms with Crippen LogP contribution in [0.15, 0.2) is 41.3 Å². The van der Waals surface area contributed by atoms with Gasteiger partial charge in [-0.2, -0.15) is 0 Å². The molecule has 2 aromatic carbocycles. The second kappa shape index (κ2) is 7.46. The molecule has 1 spiro atoms. The SMILES string of the molecule is CC1(C)OC[C@]2(C[C@@H]3CC2[C@@H]3S(=O)(=O)c2cc(C(=O)Nc3ccc(F)c(F)c3)ccc2Cl)O1. The third-order valence-electron chi connectivity index (χ3n) is 6.85. The standard InChI is InChI=1S/C23H22ClF2NO5S/c1-22(2)31-11-23(32-22)10-13-7-15(23)20(13)33(29,30)19-8-12(3-5-16(19)24)21(28)27-14-4-6-17(25)18(26)9-14/h3-6,8-9,13,15,20H,7,10-11H2,1-2H3,(H,27,28)/t13-,15?,20+,23-/m0/s1. The van der Waals surface area contributed by atoms with Gasteiger partial charge in [-0.05, 0) is 62.9 Å². The monoisotopic (exact) mass is 497 g/mol. The van der Waals surface area contributed by atoms with E-state index in [1.165, 1.54) is 24.3 Å². The van der Waals surface area contributed by atoms with E-state index >= 15 is 0 Å². The Morgan fingerprint density at radius 1 is 1.15 bits per heavy atom. The van der Waals surface area contributed by atoms with E-state index in [2.05, 4.69) is 5.32 Å². The zero-order chi connectivity index (χ0) is 23.8. The maximum Gasteiger partial charge on any atom is 0.255 e. The Hall–Kier alpha value is -2.07. The Kier molecular flexibility index (Phi) is 5.14. The smallest absolute Gasteiger partial charge is 0.255 e. The predicted molar refractivity (Wildman–Crippen MR) is 117 cm³/mol. The summed E-state index contributed by atoms with van der Waals surface area (Å²) in [5, 5.41) is 1.79. The van der Waals surface area contributed by atoms with Crippen molar-refractivity contribution in [3.63, 3.8) is 0 Å². The summed E-state index contributed by atoms with van der Waals surface area (Å²) in [7, 11) is -3.87. The minimum atomic E-state index is -3.87. The predicted octanol–water partition coefficient (Wildman–Crippen LogP) is 4.57. The molecule has 33 heavy (non-hydrogen) atoms. The summed E-state index contributed by atoms with van der Waals surface area (Å²) in [6.45, 7) is 3.97. The molecule has 6 nitrogen and oxygen atoms in total. The number of anilines is 1. The summed E-state index contributed by atoms with van der Waals surface area (Å²) >= 11 is 6.26.